The minimum atomic E-state index is -0.973. The summed E-state index contributed by atoms with van der Waals surface area (Å²) >= 11 is 13.8. The van der Waals surface area contributed by atoms with Crippen molar-refractivity contribution in [3.63, 3.8) is 0 Å². The van der Waals surface area contributed by atoms with E-state index in [0.29, 0.717) is 11.1 Å². The van der Waals surface area contributed by atoms with Crippen LogP contribution in [0.2, 0.25) is 0 Å². The highest BCUT2D eigenvalue weighted by molar-refractivity contribution is 9.11. The van der Waals surface area contributed by atoms with Crippen molar-refractivity contribution in [1.29, 1.82) is 0 Å². The maximum Gasteiger partial charge on any atom is 0.110 e. The first kappa shape index (κ1) is 27.1. The Morgan fingerprint density at radius 1 is 0.441 bits per heavy atom. The number of rotatable bonds is 5. The van der Waals surface area contributed by atoms with E-state index in [1.165, 1.54) is 11.1 Å². The molecule has 4 aromatic rings. The summed E-state index contributed by atoms with van der Waals surface area (Å²) in [6.45, 7) is 0. The van der Waals surface area contributed by atoms with Crippen LogP contribution >= 0.6 is 63.7 Å². The average Bonchev–Trinajstić information content (AvgIpc) is 2.85. The predicted molar refractivity (Wildman–Crippen MR) is 155 cm³/mol. The Hall–Kier alpha value is -1.54. The van der Waals surface area contributed by atoms with Crippen LogP contribution in [0.4, 0.5) is 0 Å². The standard InChI is InChI=1S/C14H12Br2O2.C14H10Br2/c15-11-7-3-1-5-9(11)13(17)14(18)10-6-2-4-8-12(10)16;15-13-7-3-1-5-11(13)9-10-12-6-2-4-8-14(12)16/h1-8,13-14,17-18H;1-10H/b;10-9+/t13-,14-;/m1./s1. The van der Waals surface area contributed by atoms with Crippen molar-refractivity contribution in [2.24, 2.45) is 0 Å². The van der Waals surface area contributed by atoms with Crippen molar-refractivity contribution in [1.82, 2.24) is 0 Å². The Kier molecular flexibility index (Phi) is 10.8. The maximum absolute atomic E-state index is 10.2. The lowest BCUT2D eigenvalue weighted by Gasteiger charge is -2.20. The lowest BCUT2D eigenvalue weighted by molar-refractivity contribution is 0.0164. The highest BCUT2D eigenvalue weighted by atomic mass is 79.9. The zero-order valence-corrected chi connectivity index (χ0v) is 24.3. The van der Waals surface area contributed by atoms with Gasteiger partial charge in [0.2, 0.25) is 0 Å². The minimum absolute atomic E-state index is 0.667. The van der Waals surface area contributed by atoms with E-state index in [0.717, 1.165) is 17.9 Å². The first-order chi connectivity index (χ1) is 16.4. The van der Waals surface area contributed by atoms with Crippen molar-refractivity contribution >= 4 is 75.9 Å². The van der Waals surface area contributed by atoms with E-state index in [1.54, 1.807) is 12.1 Å². The third-order valence-electron chi connectivity index (χ3n) is 5.00. The fraction of sp³-hybridized carbons (Fsp3) is 0.0714. The van der Waals surface area contributed by atoms with Gasteiger partial charge in [-0.2, -0.15) is 0 Å². The lowest BCUT2D eigenvalue weighted by Crippen LogP contribution is -2.11. The molecule has 2 nitrogen and oxygen atoms in total. The molecule has 0 unspecified atom stereocenters. The Morgan fingerprint density at radius 3 is 1.06 bits per heavy atom. The van der Waals surface area contributed by atoms with E-state index in [9.17, 15) is 10.2 Å². The maximum atomic E-state index is 10.2. The Balaban J connectivity index is 0.000000192. The van der Waals surface area contributed by atoms with Gasteiger partial charge in [0.15, 0.2) is 0 Å². The van der Waals surface area contributed by atoms with Crippen LogP contribution in [0.3, 0.4) is 0 Å². The second-order valence-corrected chi connectivity index (χ2v) is 10.7. The molecule has 174 valence electrons. The Morgan fingerprint density at radius 2 is 0.735 bits per heavy atom. The van der Waals surface area contributed by atoms with Crippen LogP contribution in [0.15, 0.2) is 115 Å². The van der Waals surface area contributed by atoms with Crippen LogP contribution in [0, 0.1) is 0 Å². The molecule has 4 rings (SSSR count). The first-order valence-electron chi connectivity index (χ1n) is 10.4. The number of aliphatic hydroxyl groups excluding tert-OH is 2. The summed E-state index contributed by atoms with van der Waals surface area (Å²) in [7, 11) is 0. The van der Waals surface area contributed by atoms with Gasteiger partial charge in [0, 0.05) is 17.9 Å². The Bertz CT molecular complexity index is 1160. The Labute approximate surface area is 233 Å². The predicted octanol–water partition coefficient (Wildman–Crippen LogP) is 9.36. The van der Waals surface area contributed by atoms with Crippen molar-refractivity contribution in [3.8, 4) is 0 Å². The zero-order chi connectivity index (χ0) is 24.5. The summed E-state index contributed by atoms with van der Waals surface area (Å²) in [5.41, 5.74) is 3.69. The second kappa shape index (κ2) is 13.5. The summed E-state index contributed by atoms with van der Waals surface area (Å²) in [6.07, 6.45) is 2.26. The molecule has 0 heterocycles. The number of benzene rings is 4. The van der Waals surface area contributed by atoms with Gasteiger partial charge in [0.1, 0.15) is 12.2 Å². The lowest BCUT2D eigenvalue weighted by atomic mass is 9.98. The van der Waals surface area contributed by atoms with Crippen molar-refractivity contribution < 1.29 is 10.2 Å². The minimum Gasteiger partial charge on any atom is -0.385 e. The monoisotopic (exact) mass is 706 g/mol. The molecule has 0 amide bonds. The SMILES string of the molecule is Brc1ccccc1/C=C/c1ccccc1Br.O[C@H](c1ccccc1Br)[C@H](O)c1ccccc1Br. The van der Waals surface area contributed by atoms with Gasteiger partial charge < -0.3 is 10.2 Å². The molecule has 2 atom stereocenters. The fourth-order valence-electron chi connectivity index (χ4n) is 3.17. The van der Waals surface area contributed by atoms with Crippen LogP contribution in [0.25, 0.3) is 12.2 Å². The average molecular weight is 710 g/mol. The van der Waals surface area contributed by atoms with Crippen LogP contribution in [0.1, 0.15) is 34.5 Å². The van der Waals surface area contributed by atoms with Gasteiger partial charge in [-0.1, -0.05) is 149 Å². The van der Waals surface area contributed by atoms with Crippen LogP contribution in [-0.4, -0.2) is 10.2 Å². The third kappa shape index (κ3) is 7.48. The smallest absolute Gasteiger partial charge is 0.110 e. The molecule has 0 bridgehead atoms. The van der Waals surface area contributed by atoms with E-state index in [1.807, 2.05) is 72.8 Å². The molecule has 34 heavy (non-hydrogen) atoms. The largest absolute Gasteiger partial charge is 0.385 e. The molecular weight excluding hydrogens is 688 g/mol. The van der Waals surface area contributed by atoms with Crippen molar-refractivity contribution in [2.45, 2.75) is 12.2 Å². The topological polar surface area (TPSA) is 40.5 Å². The fourth-order valence-corrected chi connectivity index (χ4v) is 5.04. The van der Waals surface area contributed by atoms with Crippen LogP contribution in [0.5, 0.6) is 0 Å². The molecule has 4 aromatic carbocycles. The van der Waals surface area contributed by atoms with Gasteiger partial charge in [-0.25, -0.2) is 0 Å². The zero-order valence-electron chi connectivity index (χ0n) is 18.0. The molecule has 0 saturated heterocycles. The van der Waals surface area contributed by atoms with Crippen LogP contribution in [-0.2, 0) is 0 Å². The molecule has 0 saturated carbocycles. The van der Waals surface area contributed by atoms with Gasteiger partial charge >= 0.3 is 0 Å². The summed E-state index contributed by atoms with van der Waals surface area (Å²) in [6, 6.07) is 31.0. The van der Waals surface area contributed by atoms with Crippen molar-refractivity contribution in [2.75, 3.05) is 0 Å². The summed E-state index contributed by atoms with van der Waals surface area (Å²) in [5.74, 6) is 0. The molecule has 0 radical (unpaired) electrons. The summed E-state index contributed by atoms with van der Waals surface area (Å²) < 4.78 is 3.78. The van der Waals surface area contributed by atoms with Crippen LogP contribution < -0.4 is 0 Å². The molecule has 2 N–H and O–H groups in total. The number of halogens is 4. The van der Waals surface area contributed by atoms with Crippen molar-refractivity contribution in [3.05, 3.63) is 137 Å². The summed E-state index contributed by atoms with van der Waals surface area (Å²) in [5, 5.41) is 20.5. The second-order valence-electron chi connectivity index (χ2n) is 7.31. The first-order valence-corrected chi connectivity index (χ1v) is 13.6. The van der Waals surface area contributed by atoms with E-state index in [4.69, 9.17) is 0 Å². The third-order valence-corrected chi connectivity index (χ3v) is 7.89. The van der Waals surface area contributed by atoms with E-state index in [-0.39, 0.29) is 0 Å². The van der Waals surface area contributed by atoms with Gasteiger partial charge in [-0.05, 0) is 46.5 Å². The van der Waals surface area contributed by atoms with E-state index >= 15 is 0 Å². The van der Waals surface area contributed by atoms with Gasteiger partial charge in [0.25, 0.3) is 0 Å². The van der Waals surface area contributed by atoms with Gasteiger partial charge in [-0.15, -0.1) is 0 Å². The van der Waals surface area contributed by atoms with Gasteiger partial charge in [-0.3, -0.25) is 0 Å². The number of aliphatic hydroxyl groups is 2. The molecular formula is C28H22Br4O2. The number of hydrogen-bond donors (Lipinski definition) is 2. The van der Waals surface area contributed by atoms with E-state index < -0.39 is 12.2 Å². The molecule has 0 fully saturated rings. The van der Waals surface area contributed by atoms with E-state index in [2.05, 4.69) is 88.0 Å². The molecule has 0 spiro atoms. The molecule has 0 aliphatic heterocycles. The van der Waals surface area contributed by atoms with Gasteiger partial charge in [0.05, 0.1) is 0 Å². The molecule has 0 aliphatic carbocycles. The summed E-state index contributed by atoms with van der Waals surface area (Å²) in [4.78, 5) is 0. The highest BCUT2D eigenvalue weighted by Gasteiger charge is 2.23. The normalized spacial score (nSPS) is 12.6. The molecule has 0 aliphatic rings. The molecule has 6 heteroatoms. The quantitative estimate of drug-likeness (QED) is 0.203. The number of hydrogen-bond acceptors (Lipinski definition) is 2. The highest BCUT2D eigenvalue weighted by Crippen LogP contribution is 2.35. The molecule has 0 aromatic heterocycles.